The summed E-state index contributed by atoms with van der Waals surface area (Å²) in [4.78, 5) is 6.06. The molecular formula is C21H20F5N3O3. The molecule has 172 valence electrons. The monoisotopic (exact) mass is 457 g/mol. The van der Waals surface area contributed by atoms with Gasteiger partial charge < -0.3 is 14.0 Å². The molecule has 1 heterocycles. The van der Waals surface area contributed by atoms with Gasteiger partial charge in [0.1, 0.15) is 0 Å². The molecule has 0 bridgehead atoms. The highest BCUT2D eigenvalue weighted by Gasteiger charge is 2.30. The lowest BCUT2D eigenvalue weighted by molar-refractivity contribution is -0.137. The van der Waals surface area contributed by atoms with Gasteiger partial charge in [0.2, 0.25) is 11.7 Å². The second kappa shape index (κ2) is 9.94. The highest BCUT2D eigenvalue weighted by Crippen LogP contribution is 2.31. The molecular weight excluding hydrogens is 437 g/mol. The zero-order chi connectivity index (χ0) is 23.3. The van der Waals surface area contributed by atoms with Crippen molar-refractivity contribution in [2.24, 2.45) is 0 Å². The molecule has 3 rings (SSSR count). The van der Waals surface area contributed by atoms with Crippen LogP contribution in [0.3, 0.4) is 0 Å². The van der Waals surface area contributed by atoms with E-state index in [-0.39, 0.29) is 36.4 Å². The number of nitrogens with zero attached hydrogens (tertiary/aromatic N) is 3. The van der Waals surface area contributed by atoms with Gasteiger partial charge in [-0.2, -0.15) is 26.9 Å². The Hall–Kier alpha value is -3.21. The second-order valence-corrected chi connectivity index (χ2v) is 6.85. The Morgan fingerprint density at radius 2 is 1.75 bits per heavy atom. The molecule has 0 spiro atoms. The number of aromatic nitrogens is 2. The highest BCUT2D eigenvalue weighted by molar-refractivity contribution is 5.54. The minimum atomic E-state index is -4.42. The molecule has 1 aromatic heterocycles. The first-order chi connectivity index (χ1) is 15.2. The minimum Gasteiger partial charge on any atom is -0.490 e. The smallest absolute Gasteiger partial charge is 0.416 e. The summed E-state index contributed by atoms with van der Waals surface area (Å²) in [7, 11) is 1.78. The Balaban J connectivity index is 1.65. The number of ether oxygens (including phenoxy) is 2. The Morgan fingerprint density at radius 1 is 1.03 bits per heavy atom. The first-order valence-corrected chi connectivity index (χ1v) is 9.55. The van der Waals surface area contributed by atoms with E-state index in [2.05, 4.69) is 14.9 Å². The maximum Gasteiger partial charge on any atom is 0.416 e. The number of hydrogen-bond acceptors (Lipinski definition) is 6. The van der Waals surface area contributed by atoms with Crippen LogP contribution in [0.2, 0.25) is 0 Å². The van der Waals surface area contributed by atoms with Crippen molar-refractivity contribution in [1.82, 2.24) is 15.0 Å². The van der Waals surface area contributed by atoms with Crippen LogP contribution in [0.1, 0.15) is 23.9 Å². The molecule has 3 aromatic rings. The van der Waals surface area contributed by atoms with Crippen LogP contribution in [0.15, 0.2) is 47.0 Å². The fourth-order valence-electron chi connectivity index (χ4n) is 2.96. The van der Waals surface area contributed by atoms with Crippen LogP contribution in [0.4, 0.5) is 22.0 Å². The fraction of sp³-hybridized carbons (Fsp3) is 0.333. The average Bonchev–Trinajstić information content (AvgIpc) is 3.17. The standard InChI is InChI=1S/C21H20F5N3O3/c1-3-30-17-10-13(4-9-16(17)31-20(22)23)11-29(2)12-18-27-19(28-32-18)14-5-7-15(8-6-14)21(24,25)26/h4-10,20H,3,11-12H2,1-2H3. The quantitative estimate of drug-likeness (QED) is 0.402. The van der Waals surface area contributed by atoms with Crippen LogP contribution in [-0.2, 0) is 19.3 Å². The lowest BCUT2D eigenvalue weighted by Crippen LogP contribution is -2.17. The molecule has 0 aliphatic rings. The molecule has 0 N–H and O–H groups in total. The largest absolute Gasteiger partial charge is 0.490 e. The summed E-state index contributed by atoms with van der Waals surface area (Å²) in [6.45, 7) is -0.276. The van der Waals surface area contributed by atoms with Crippen LogP contribution in [0.25, 0.3) is 11.4 Å². The van der Waals surface area contributed by atoms with Gasteiger partial charge in [0.05, 0.1) is 18.7 Å². The fourth-order valence-corrected chi connectivity index (χ4v) is 2.96. The summed E-state index contributed by atoms with van der Waals surface area (Å²) in [6, 6.07) is 9.12. The molecule has 0 unspecified atom stereocenters. The number of hydrogen-bond donors (Lipinski definition) is 0. The molecule has 0 atom stereocenters. The van der Waals surface area contributed by atoms with E-state index in [0.717, 1.165) is 17.7 Å². The van der Waals surface area contributed by atoms with Crippen LogP contribution >= 0.6 is 0 Å². The summed E-state index contributed by atoms with van der Waals surface area (Å²) in [5.41, 5.74) is 0.410. The van der Waals surface area contributed by atoms with E-state index in [1.165, 1.54) is 18.2 Å². The van der Waals surface area contributed by atoms with Gasteiger partial charge in [-0.05, 0) is 43.8 Å². The molecule has 0 fully saturated rings. The summed E-state index contributed by atoms with van der Waals surface area (Å²) in [5.74, 6) is 0.603. The Morgan fingerprint density at radius 3 is 2.38 bits per heavy atom. The second-order valence-electron chi connectivity index (χ2n) is 6.85. The van der Waals surface area contributed by atoms with Gasteiger partial charge in [-0.15, -0.1) is 0 Å². The topological polar surface area (TPSA) is 60.6 Å². The van der Waals surface area contributed by atoms with Gasteiger partial charge >= 0.3 is 12.8 Å². The third-order valence-electron chi connectivity index (χ3n) is 4.32. The van der Waals surface area contributed by atoms with E-state index < -0.39 is 18.4 Å². The van der Waals surface area contributed by atoms with Crippen LogP contribution in [-0.4, -0.2) is 35.3 Å². The molecule has 0 amide bonds. The molecule has 6 nitrogen and oxygen atoms in total. The van der Waals surface area contributed by atoms with Gasteiger partial charge in [0.15, 0.2) is 11.5 Å². The maximum atomic E-state index is 12.7. The first-order valence-electron chi connectivity index (χ1n) is 9.55. The van der Waals surface area contributed by atoms with Gasteiger partial charge in [-0.3, -0.25) is 4.90 Å². The molecule has 2 aromatic carbocycles. The van der Waals surface area contributed by atoms with Gasteiger partial charge in [-0.25, -0.2) is 0 Å². The lowest BCUT2D eigenvalue weighted by Gasteiger charge is -2.16. The van der Waals surface area contributed by atoms with Crippen molar-refractivity contribution in [3.05, 3.63) is 59.5 Å². The number of alkyl halides is 5. The summed E-state index contributed by atoms with van der Waals surface area (Å²) < 4.78 is 78.2. The maximum absolute atomic E-state index is 12.7. The predicted molar refractivity (Wildman–Crippen MR) is 104 cm³/mol. The normalized spacial score (nSPS) is 11.9. The van der Waals surface area contributed by atoms with E-state index in [4.69, 9.17) is 9.26 Å². The van der Waals surface area contributed by atoms with Crippen LogP contribution in [0, 0.1) is 0 Å². The van der Waals surface area contributed by atoms with Gasteiger partial charge in [0, 0.05) is 12.1 Å². The Bertz CT molecular complexity index is 1020. The molecule has 0 saturated carbocycles. The zero-order valence-electron chi connectivity index (χ0n) is 17.2. The number of benzene rings is 2. The third kappa shape index (κ3) is 6.16. The first kappa shape index (κ1) is 23.5. The van der Waals surface area contributed by atoms with Crippen molar-refractivity contribution in [2.45, 2.75) is 32.8 Å². The van der Waals surface area contributed by atoms with Gasteiger partial charge in [0.25, 0.3) is 0 Å². The van der Waals surface area contributed by atoms with E-state index in [1.54, 1.807) is 26.1 Å². The van der Waals surface area contributed by atoms with E-state index in [0.29, 0.717) is 12.1 Å². The van der Waals surface area contributed by atoms with Gasteiger partial charge in [-0.1, -0.05) is 23.4 Å². The predicted octanol–water partition coefficient (Wildman–Crippen LogP) is 5.39. The van der Waals surface area contributed by atoms with Crippen molar-refractivity contribution >= 4 is 0 Å². The molecule has 0 saturated heterocycles. The van der Waals surface area contributed by atoms with Crippen molar-refractivity contribution < 1.29 is 35.9 Å². The summed E-state index contributed by atoms with van der Waals surface area (Å²) >= 11 is 0. The van der Waals surface area contributed by atoms with Crippen molar-refractivity contribution in [3.8, 4) is 22.9 Å². The minimum absolute atomic E-state index is 0.0497. The van der Waals surface area contributed by atoms with Crippen molar-refractivity contribution in [1.29, 1.82) is 0 Å². The van der Waals surface area contributed by atoms with Crippen molar-refractivity contribution in [2.75, 3.05) is 13.7 Å². The zero-order valence-corrected chi connectivity index (χ0v) is 17.2. The molecule has 0 aliphatic heterocycles. The SMILES string of the molecule is CCOc1cc(CN(C)Cc2nc(-c3ccc(C(F)(F)F)cc3)no2)ccc1OC(F)F. The number of rotatable bonds is 9. The van der Waals surface area contributed by atoms with Crippen LogP contribution in [0.5, 0.6) is 11.5 Å². The molecule has 0 aliphatic carbocycles. The Kier molecular flexibility index (Phi) is 7.29. The third-order valence-corrected chi connectivity index (χ3v) is 4.32. The highest BCUT2D eigenvalue weighted by atomic mass is 19.4. The Labute approximate surface area is 180 Å². The van der Waals surface area contributed by atoms with E-state index in [1.807, 2.05) is 4.90 Å². The van der Waals surface area contributed by atoms with E-state index in [9.17, 15) is 22.0 Å². The summed E-state index contributed by atoms with van der Waals surface area (Å²) in [5, 5.41) is 3.81. The average molecular weight is 457 g/mol. The molecule has 0 radical (unpaired) electrons. The van der Waals surface area contributed by atoms with Crippen LogP contribution < -0.4 is 9.47 Å². The lowest BCUT2D eigenvalue weighted by atomic mass is 10.1. The number of halogens is 5. The molecule has 32 heavy (non-hydrogen) atoms. The van der Waals surface area contributed by atoms with E-state index >= 15 is 0 Å². The summed E-state index contributed by atoms with van der Waals surface area (Å²) in [6.07, 6.45) is -4.42. The van der Waals surface area contributed by atoms with Crippen molar-refractivity contribution in [3.63, 3.8) is 0 Å². The molecule has 11 heteroatoms.